The van der Waals surface area contributed by atoms with Crippen molar-refractivity contribution < 1.29 is 52.1 Å². The topological polar surface area (TPSA) is 83.5 Å². The van der Waals surface area contributed by atoms with Crippen LogP contribution in [0, 0.1) is 0 Å². The summed E-state index contributed by atoms with van der Waals surface area (Å²) in [6.45, 7) is 1.77. The van der Waals surface area contributed by atoms with Crippen LogP contribution in [0.25, 0.3) is 0 Å². The summed E-state index contributed by atoms with van der Waals surface area (Å²) in [6.07, 6.45) is 0. The van der Waals surface area contributed by atoms with Crippen molar-refractivity contribution in [2.45, 2.75) is 6.92 Å². The molecule has 0 aliphatic carbocycles. The van der Waals surface area contributed by atoms with E-state index in [4.69, 9.17) is 0 Å². The largest absolute Gasteiger partial charge is 1.00 e. The molecule has 0 aromatic rings. The summed E-state index contributed by atoms with van der Waals surface area (Å²) >= 11 is 0. The van der Waals surface area contributed by atoms with Crippen molar-refractivity contribution in [2.75, 3.05) is 12.4 Å². The Labute approximate surface area is 96.7 Å². The molecule has 0 spiro atoms. The standard InChI is InChI=1S/C4H8O5S2.Na/c1-2-9-4(5)3-10-11(6,7)8;/h2-3H2,1H3,(H,6,7,8);/q;+1/p-1. The zero-order valence-electron chi connectivity index (χ0n) is 6.77. The normalized spacial score (nSPS) is 10.2. The van der Waals surface area contributed by atoms with Crippen molar-refractivity contribution >= 4 is 25.9 Å². The molecule has 66 valence electrons. The van der Waals surface area contributed by atoms with Gasteiger partial charge in [0.2, 0.25) is 0 Å². The minimum Gasteiger partial charge on any atom is -0.739 e. The summed E-state index contributed by atoms with van der Waals surface area (Å²) in [7, 11) is -4.35. The van der Waals surface area contributed by atoms with Crippen LogP contribution in [0.4, 0.5) is 0 Å². The van der Waals surface area contributed by atoms with Gasteiger partial charge in [0, 0.05) is 0 Å². The van der Waals surface area contributed by atoms with Gasteiger partial charge in [-0.05, 0) is 17.7 Å². The van der Waals surface area contributed by atoms with Crippen LogP contribution in [0.1, 0.15) is 6.92 Å². The second-order valence-electron chi connectivity index (χ2n) is 1.48. The van der Waals surface area contributed by atoms with E-state index < -0.39 is 20.9 Å². The van der Waals surface area contributed by atoms with E-state index >= 15 is 0 Å². The molecule has 5 nitrogen and oxygen atoms in total. The SMILES string of the molecule is CCOC(=O)CSS(=O)(=O)[O-].[Na+]. The van der Waals surface area contributed by atoms with E-state index in [1.165, 1.54) is 0 Å². The number of carbonyl (C=O) groups is 1. The van der Waals surface area contributed by atoms with E-state index in [0.29, 0.717) is 0 Å². The van der Waals surface area contributed by atoms with Crippen LogP contribution in [-0.2, 0) is 18.7 Å². The summed E-state index contributed by atoms with van der Waals surface area (Å²) in [5.74, 6) is -1.14. The van der Waals surface area contributed by atoms with Gasteiger partial charge in [-0.2, -0.15) is 0 Å². The molecule has 0 saturated carbocycles. The second-order valence-corrected chi connectivity index (χ2v) is 4.75. The molecule has 0 rings (SSSR count). The Kier molecular flexibility index (Phi) is 9.08. The molecule has 0 aromatic heterocycles. The third-order valence-electron chi connectivity index (χ3n) is 0.626. The Hall–Kier alpha value is 0.730. The third kappa shape index (κ3) is 10.7. The molecule has 8 heteroatoms. The molecule has 0 fully saturated rings. The van der Waals surface area contributed by atoms with E-state index in [2.05, 4.69) is 4.74 Å². The smallest absolute Gasteiger partial charge is 0.739 e. The molecule has 0 N–H and O–H groups in total. The van der Waals surface area contributed by atoms with Crippen LogP contribution in [0.5, 0.6) is 0 Å². The monoisotopic (exact) mass is 222 g/mol. The van der Waals surface area contributed by atoms with Crippen LogP contribution < -0.4 is 29.6 Å². The van der Waals surface area contributed by atoms with Crippen molar-refractivity contribution in [1.82, 2.24) is 0 Å². The van der Waals surface area contributed by atoms with Gasteiger partial charge in [0.15, 0.2) is 0 Å². The van der Waals surface area contributed by atoms with Gasteiger partial charge in [-0.1, -0.05) is 0 Å². The predicted molar refractivity (Wildman–Crippen MR) is 38.8 cm³/mol. The maximum atomic E-state index is 10.4. The maximum absolute atomic E-state index is 10.4. The zero-order valence-corrected chi connectivity index (χ0v) is 10.4. The Morgan fingerprint density at radius 2 is 2.08 bits per heavy atom. The number of esters is 1. The molecule has 0 aromatic carbocycles. The van der Waals surface area contributed by atoms with Crippen molar-refractivity contribution in [1.29, 1.82) is 0 Å². The molecule has 0 bridgehead atoms. The van der Waals surface area contributed by atoms with Crippen LogP contribution in [0.15, 0.2) is 0 Å². The predicted octanol–water partition coefficient (Wildman–Crippen LogP) is -3.25. The molecule has 12 heavy (non-hydrogen) atoms. The molecular formula is C4H7NaO5S2. The van der Waals surface area contributed by atoms with Gasteiger partial charge in [0.25, 0.3) is 0 Å². The fraction of sp³-hybridized carbons (Fsp3) is 0.750. The molecule has 0 aliphatic rings. The minimum absolute atomic E-state index is 0. The van der Waals surface area contributed by atoms with E-state index in [9.17, 15) is 17.8 Å². The van der Waals surface area contributed by atoms with E-state index in [1.54, 1.807) is 6.92 Å². The Morgan fingerprint density at radius 3 is 2.42 bits per heavy atom. The van der Waals surface area contributed by atoms with Crippen LogP contribution in [0.2, 0.25) is 0 Å². The molecule has 0 saturated heterocycles. The minimum atomic E-state index is -4.37. The van der Waals surface area contributed by atoms with Gasteiger partial charge < -0.3 is 9.29 Å². The van der Waals surface area contributed by atoms with Crippen LogP contribution in [-0.4, -0.2) is 31.3 Å². The Bertz CT molecular complexity index is 224. The van der Waals surface area contributed by atoms with Gasteiger partial charge in [-0.3, -0.25) is 4.79 Å². The summed E-state index contributed by atoms with van der Waals surface area (Å²) < 4.78 is 34.2. The number of rotatable bonds is 4. The number of carbonyl (C=O) groups excluding carboxylic acids is 1. The first-order valence-electron chi connectivity index (χ1n) is 2.71. The Morgan fingerprint density at radius 1 is 1.58 bits per heavy atom. The summed E-state index contributed by atoms with van der Waals surface area (Å²) in [5, 5.41) is 0. The fourth-order valence-electron chi connectivity index (χ4n) is 0.323. The van der Waals surface area contributed by atoms with Gasteiger partial charge in [0.05, 0.1) is 6.61 Å². The number of ether oxygens (including phenoxy) is 1. The third-order valence-corrected chi connectivity index (χ3v) is 2.49. The van der Waals surface area contributed by atoms with E-state index in [-0.39, 0.29) is 47.0 Å². The maximum Gasteiger partial charge on any atom is 1.00 e. The summed E-state index contributed by atoms with van der Waals surface area (Å²) in [4.78, 5) is 10.4. The molecule has 0 radical (unpaired) electrons. The Balaban J connectivity index is 0. The van der Waals surface area contributed by atoms with Crippen molar-refractivity contribution in [3.05, 3.63) is 0 Å². The first-order valence-corrected chi connectivity index (χ1v) is 5.62. The number of hydrogen-bond donors (Lipinski definition) is 0. The van der Waals surface area contributed by atoms with E-state index in [0.717, 1.165) is 0 Å². The van der Waals surface area contributed by atoms with Gasteiger partial charge >= 0.3 is 35.5 Å². The van der Waals surface area contributed by atoms with Gasteiger partial charge in [-0.25, -0.2) is 8.42 Å². The zero-order chi connectivity index (χ0) is 8.91. The van der Waals surface area contributed by atoms with Gasteiger partial charge in [0.1, 0.15) is 14.9 Å². The average molecular weight is 222 g/mol. The molecule has 0 amide bonds. The van der Waals surface area contributed by atoms with Crippen LogP contribution >= 0.6 is 10.8 Å². The van der Waals surface area contributed by atoms with Crippen LogP contribution in [0.3, 0.4) is 0 Å². The molecule has 0 atom stereocenters. The quantitative estimate of drug-likeness (QED) is 0.215. The summed E-state index contributed by atoms with van der Waals surface area (Å²) in [5.41, 5.74) is 0. The molecular weight excluding hydrogens is 215 g/mol. The van der Waals surface area contributed by atoms with Crippen molar-refractivity contribution in [3.8, 4) is 0 Å². The molecule has 0 unspecified atom stereocenters. The first-order chi connectivity index (χ1) is 4.95. The van der Waals surface area contributed by atoms with Crippen molar-refractivity contribution in [2.24, 2.45) is 0 Å². The molecule has 0 heterocycles. The van der Waals surface area contributed by atoms with Gasteiger partial charge in [-0.15, -0.1) is 0 Å². The van der Waals surface area contributed by atoms with E-state index in [1.807, 2.05) is 0 Å². The van der Waals surface area contributed by atoms with Crippen molar-refractivity contribution in [3.63, 3.8) is 0 Å². The number of hydrogen-bond acceptors (Lipinski definition) is 6. The second kappa shape index (κ2) is 7.16. The fourth-order valence-corrected chi connectivity index (χ4v) is 1.37. The molecule has 0 aliphatic heterocycles. The average Bonchev–Trinajstić information content (AvgIpc) is 1.83. The summed E-state index contributed by atoms with van der Waals surface area (Å²) in [6, 6.07) is 0. The first kappa shape index (κ1) is 15.2.